The van der Waals surface area contributed by atoms with Crippen molar-refractivity contribution in [2.75, 3.05) is 18.6 Å². The molecular weight excluding hydrogens is 272 g/mol. The Kier molecular flexibility index (Phi) is 3.88. The predicted octanol–water partition coefficient (Wildman–Crippen LogP) is 3.80. The molecule has 3 aromatic carbocycles. The van der Waals surface area contributed by atoms with Gasteiger partial charge in [0.15, 0.2) is 0 Å². The third-order valence-electron chi connectivity index (χ3n) is 4.02. The van der Waals surface area contributed by atoms with Gasteiger partial charge in [0.1, 0.15) is 5.75 Å². The van der Waals surface area contributed by atoms with Crippen LogP contribution >= 0.6 is 0 Å². The van der Waals surface area contributed by atoms with Gasteiger partial charge in [-0.15, -0.1) is 0 Å². The van der Waals surface area contributed by atoms with Gasteiger partial charge in [-0.05, 0) is 65.1 Å². The quantitative estimate of drug-likeness (QED) is 0.719. The lowest BCUT2D eigenvalue weighted by Gasteiger charge is -2.11. The minimum Gasteiger partial charge on any atom is -0.497 e. The SMILES string of the molecule is COc1ccc(CCc2c(N)ccc3ccc(N)cc23)cc1. The van der Waals surface area contributed by atoms with Crippen molar-refractivity contribution in [2.24, 2.45) is 0 Å². The standard InChI is InChI=1S/C19H20N2O/c1-22-16-8-2-13(3-9-16)4-10-17-18-12-15(20)7-5-14(18)6-11-19(17)21/h2-3,5-9,11-12H,4,10,20-21H2,1H3. The van der Waals surface area contributed by atoms with Crippen LogP contribution in [-0.2, 0) is 12.8 Å². The van der Waals surface area contributed by atoms with Crippen LogP contribution in [-0.4, -0.2) is 7.11 Å². The minimum atomic E-state index is 0.767. The van der Waals surface area contributed by atoms with Crippen molar-refractivity contribution < 1.29 is 4.74 Å². The number of methoxy groups -OCH3 is 1. The van der Waals surface area contributed by atoms with E-state index >= 15 is 0 Å². The number of nitrogen functional groups attached to an aromatic ring is 2. The number of ether oxygens (including phenoxy) is 1. The molecule has 22 heavy (non-hydrogen) atoms. The predicted molar refractivity (Wildman–Crippen MR) is 93.2 cm³/mol. The average Bonchev–Trinajstić information content (AvgIpc) is 2.54. The largest absolute Gasteiger partial charge is 0.497 e. The fourth-order valence-electron chi connectivity index (χ4n) is 2.76. The molecule has 3 heteroatoms. The van der Waals surface area contributed by atoms with E-state index in [1.165, 1.54) is 16.5 Å². The summed E-state index contributed by atoms with van der Waals surface area (Å²) in [6.45, 7) is 0. The van der Waals surface area contributed by atoms with Gasteiger partial charge in [0, 0.05) is 11.4 Å². The Bertz CT molecular complexity index is 789. The monoisotopic (exact) mass is 292 g/mol. The number of rotatable bonds is 4. The highest BCUT2D eigenvalue weighted by molar-refractivity contribution is 5.91. The normalized spacial score (nSPS) is 10.8. The number of nitrogens with two attached hydrogens (primary N) is 2. The molecule has 3 nitrogen and oxygen atoms in total. The van der Waals surface area contributed by atoms with Crippen LogP contribution in [0.25, 0.3) is 10.8 Å². The van der Waals surface area contributed by atoms with E-state index in [9.17, 15) is 0 Å². The smallest absolute Gasteiger partial charge is 0.118 e. The van der Waals surface area contributed by atoms with Crippen molar-refractivity contribution >= 4 is 22.1 Å². The molecule has 4 N–H and O–H groups in total. The first-order valence-corrected chi connectivity index (χ1v) is 7.37. The van der Waals surface area contributed by atoms with Gasteiger partial charge in [0.25, 0.3) is 0 Å². The van der Waals surface area contributed by atoms with E-state index in [0.717, 1.165) is 35.4 Å². The molecule has 3 rings (SSSR count). The second-order valence-electron chi connectivity index (χ2n) is 5.46. The highest BCUT2D eigenvalue weighted by Crippen LogP contribution is 2.27. The van der Waals surface area contributed by atoms with E-state index in [1.54, 1.807) is 7.11 Å². The van der Waals surface area contributed by atoms with Crippen molar-refractivity contribution in [1.29, 1.82) is 0 Å². The molecule has 0 unspecified atom stereocenters. The minimum absolute atomic E-state index is 0.767. The third kappa shape index (κ3) is 2.84. The molecule has 0 saturated heterocycles. The van der Waals surface area contributed by atoms with Crippen LogP contribution in [0.2, 0.25) is 0 Å². The van der Waals surface area contributed by atoms with E-state index in [4.69, 9.17) is 16.2 Å². The molecule has 0 bridgehead atoms. The Morgan fingerprint density at radius 3 is 2.32 bits per heavy atom. The summed E-state index contributed by atoms with van der Waals surface area (Å²) in [4.78, 5) is 0. The molecule has 3 aromatic rings. The molecule has 0 aromatic heterocycles. The molecule has 0 amide bonds. The second kappa shape index (κ2) is 5.98. The zero-order valence-electron chi connectivity index (χ0n) is 12.7. The van der Waals surface area contributed by atoms with E-state index in [0.29, 0.717) is 0 Å². The Hall–Kier alpha value is -2.68. The zero-order chi connectivity index (χ0) is 15.5. The maximum Gasteiger partial charge on any atom is 0.118 e. The van der Waals surface area contributed by atoms with Crippen LogP contribution in [0.3, 0.4) is 0 Å². The summed E-state index contributed by atoms with van der Waals surface area (Å²) >= 11 is 0. The van der Waals surface area contributed by atoms with Crippen LogP contribution in [0, 0.1) is 0 Å². The first-order valence-electron chi connectivity index (χ1n) is 7.37. The van der Waals surface area contributed by atoms with Gasteiger partial charge in [0.2, 0.25) is 0 Å². The van der Waals surface area contributed by atoms with E-state index in [2.05, 4.69) is 12.1 Å². The molecule has 112 valence electrons. The fourth-order valence-corrected chi connectivity index (χ4v) is 2.76. The molecule has 0 aliphatic carbocycles. The van der Waals surface area contributed by atoms with Gasteiger partial charge < -0.3 is 16.2 Å². The summed E-state index contributed by atoms with van der Waals surface area (Å²) < 4.78 is 5.19. The molecule has 0 heterocycles. The summed E-state index contributed by atoms with van der Waals surface area (Å²) in [6, 6.07) is 18.1. The van der Waals surface area contributed by atoms with Crippen LogP contribution in [0.4, 0.5) is 11.4 Å². The molecule has 0 aliphatic heterocycles. The highest BCUT2D eigenvalue weighted by Gasteiger charge is 2.07. The molecule has 0 saturated carbocycles. The van der Waals surface area contributed by atoms with Gasteiger partial charge in [0.05, 0.1) is 7.11 Å². The van der Waals surface area contributed by atoms with Crippen molar-refractivity contribution in [3.8, 4) is 5.75 Å². The Morgan fingerprint density at radius 2 is 1.59 bits per heavy atom. The maximum absolute atomic E-state index is 6.19. The van der Waals surface area contributed by atoms with Crippen LogP contribution in [0.1, 0.15) is 11.1 Å². The van der Waals surface area contributed by atoms with E-state index in [-0.39, 0.29) is 0 Å². The molecule has 0 aliphatic rings. The number of hydrogen-bond donors (Lipinski definition) is 2. The van der Waals surface area contributed by atoms with Gasteiger partial charge in [-0.25, -0.2) is 0 Å². The summed E-state index contributed by atoms with van der Waals surface area (Å²) in [6.07, 6.45) is 1.82. The fraction of sp³-hybridized carbons (Fsp3) is 0.158. The Morgan fingerprint density at radius 1 is 0.864 bits per heavy atom. The van der Waals surface area contributed by atoms with E-state index in [1.807, 2.05) is 42.5 Å². The molecule has 0 atom stereocenters. The number of anilines is 2. The average molecular weight is 292 g/mol. The highest BCUT2D eigenvalue weighted by atomic mass is 16.5. The van der Waals surface area contributed by atoms with Crippen LogP contribution in [0.15, 0.2) is 54.6 Å². The zero-order valence-corrected chi connectivity index (χ0v) is 12.7. The summed E-state index contributed by atoms with van der Waals surface area (Å²) in [5.41, 5.74) is 16.1. The lowest BCUT2D eigenvalue weighted by atomic mass is 9.96. The van der Waals surface area contributed by atoms with Gasteiger partial charge in [-0.1, -0.05) is 24.3 Å². The first-order chi connectivity index (χ1) is 10.7. The van der Waals surface area contributed by atoms with E-state index < -0.39 is 0 Å². The molecule has 0 spiro atoms. The Balaban J connectivity index is 1.89. The van der Waals surface area contributed by atoms with Gasteiger partial charge >= 0.3 is 0 Å². The maximum atomic E-state index is 6.19. The summed E-state index contributed by atoms with van der Waals surface area (Å²) in [5, 5.41) is 2.32. The van der Waals surface area contributed by atoms with Crippen LogP contribution in [0.5, 0.6) is 5.75 Å². The Labute approximate surface area is 130 Å². The molecule has 0 fully saturated rings. The van der Waals surface area contributed by atoms with Crippen molar-refractivity contribution in [3.05, 3.63) is 65.7 Å². The number of hydrogen-bond acceptors (Lipinski definition) is 3. The number of benzene rings is 3. The summed E-state index contributed by atoms with van der Waals surface area (Å²) in [5.74, 6) is 0.876. The summed E-state index contributed by atoms with van der Waals surface area (Å²) in [7, 11) is 1.68. The molecular formula is C19H20N2O. The first kappa shape index (κ1) is 14.3. The van der Waals surface area contributed by atoms with Gasteiger partial charge in [-0.3, -0.25) is 0 Å². The lowest BCUT2D eigenvalue weighted by molar-refractivity contribution is 0.414. The van der Waals surface area contributed by atoms with Crippen molar-refractivity contribution in [2.45, 2.75) is 12.8 Å². The number of aryl methyl sites for hydroxylation is 2. The topological polar surface area (TPSA) is 61.3 Å². The third-order valence-corrected chi connectivity index (χ3v) is 4.02. The van der Waals surface area contributed by atoms with Crippen molar-refractivity contribution in [1.82, 2.24) is 0 Å². The second-order valence-corrected chi connectivity index (χ2v) is 5.46. The lowest BCUT2D eigenvalue weighted by Crippen LogP contribution is -1.99. The van der Waals surface area contributed by atoms with Crippen molar-refractivity contribution in [3.63, 3.8) is 0 Å². The number of fused-ring (bicyclic) bond motifs is 1. The van der Waals surface area contributed by atoms with Gasteiger partial charge in [-0.2, -0.15) is 0 Å². The molecule has 0 radical (unpaired) electrons. The van der Waals surface area contributed by atoms with Crippen LogP contribution < -0.4 is 16.2 Å².